The molecule has 10 heteroatoms. The normalized spacial score (nSPS) is 13.0. The summed E-state index contributed by atoms with van der Waals surface area (Å²) in [5, 5.41) is 0. The lowest BCUT2D eigenvalue weighted by Crippen LogP contribution is -2.40. The fourth-order valence-corrected chi connectivity index (χ4v) is 2.87. The number of anilines is 1. The predicted octanol–water partition coefficient (Wildman–Crippen LogP) is 4.33. The summed E-state index contributed by atoms with van der Waals surface area (Å²) in [7, 11) is 0. The zero-order chi connectivity index (χ0) is 21.6. The van der Waals surface area contributed by atoms with Crippen molar-refractivity contribution >= 4 is 17.7 Å². The summed E-state index contributed by atoms with van der Waals surface area (Å²) in [6, 6.07) is 0. The van der Waals surface area contributed by atoms with Crippen molar-refractivity contribution in [3.63, 3.8) is 0 Å². The minimum Gasteiger partial charge on any atom is -0.478 e. The third-order valence-corrected chi connectivity index (χ3v) is 4.17. The van der Waals surface area contributed by atoms with Gasteiger partial charge < -0.3 is 4.74 Å². The van der Waals surface area contributed by atoms with Gasteiger partial charge in [0, 0.05) is 5.56 Å². The van der Waals surface area contributed by atoms with E-state index in [-0.39, 0.29) is 0 Å². The van der Waals surface area contributed by atoms with Gasteiger partial charge in [-0.1, -0.05) is 18.6 Å². The van der Waals surface area contributed by atoms with Gasteiger partial charge in [-0.2, -0.15) is 4.39 Å². The van der Waals surface area contributed by atoms with Crippen molar-refractivity contribution < 1.29 is 40.3 Å². The van der Waals surface area contributed by atoms with Crippen molar-refractivity contribution in [3.8, 4) is 29.2 Å². The van der Waals surface area contributed by atoms with Crippen molar-refractivity contribution in [1.82, 2.24) is 0 Å². The average molecular weight is 415 g/mol. The molecule has 1 aliphatic rings. The third kappa shape index (κ3) is 2.81. The minimum absolute atomic E-state index is 0.443. The molecular formula is C19H8F7NO2. The number of ether oxygens (including phenoxy) is 1. The van der Waals surface area contributed by atoms with E-state index < -0.39 is 87.9 Å². The number of hydrogen-bond acceptors (Lipinski definition) is 2. The first kappa shape index (κ1) is 20.3. The van der Waals surface area contributed by atoms with Gasteiger partial charge in [0.15, 0.2) is 41.4 Å². The standard InChI is InChI=1S/C19H8F7NO2/c1-3-5-27-8(28)6-29-19-17(26)14(23)10(15(24)18(19)27)9-11(20)7(4-2)12(21)16(25)13(9)22/h1,4H,2,5-6H2. The first-order valence-corrected chi connectivity index (χ1v) is 7.73. The fourth-order valence-electron chi connectivity index (χ4n) is 2.87. The van der Waals surface area contributed by atoms with Gasteiger partial charge in [-0.15, -0.1) is 6.42 Å². The molecule has 1 amide bonds. The van der Waals surface area contributed by atoms with Crippen LogP contribution in [0.1, 0.15) is 5.56 Å². The molecule has 0 spiro atoms. The van der Waals surface area contributed by atoms with Gasteiger partial charge in [0.05, 0.1) is 17.7 Å². The summed E-state index contributed by atoms with van der Waals surface area (Å²) in [5.74, 6) is -14.4. The molecule has 3 rings (SSSR count). The van der Waals surface area contributed by atoms with Gasteiger partial charge in [-0.25, -0.2) is 26.3 Å². The molecule has 0 radical (unpaired) electrons. The maximum absolute atomic E-state index is 15.1. The van der Waals surface area contributed by atoms with E-state index in [1.807, 2.05) is 5.92 Å². The van der Waals surface area contributed by atoms with Gasteiger partial charge in [-0.3, -0.25) is 9.69 Å². The lowest BCUT2D eigenvalue weighted by atomic mass is 9.97. The Hall–Kier alpha value is -3.48. The van der Waals surface area contributed by atoms with Crippen LogP contribution in [0.4, 0.5) is 36.4 Å². The Morgan fingerprint density at radius 2 is 1.52 bits per heavy atom. The molecule has 1 aliphatic heterocycles. The monoisotopic (exact) mass is 415 g/mol. The minimum atomic E-state index is -2.31. The van der Waals surface area contributed by atoms with Crippen molar-refractivity contribution in [1.29, 1.82) is 0 Å². The average Bonchev–Trinajstić information content (AvgIpc) is 2.69. The van der Waals surface area contributed by atoms with Gasteiger partial charge in [0.25, 0.3) is 5.91 Å². The second-order valence-corrected chi connectivity index (χ2v) is 5.72. The number of carbonyl (C=O) groups excluding carboxylic acids is 1. The van der Waals surface area contributed by atoms with E-state index in [0.29, 0.717) is 11.0 Å². The lowest BCUT2D eigenvalue weighted by molar-refractivity contribution is -0.121. The highest BCUT2D eigenvalue weighted by atomic mass is 19.2. The van der Waals surface area contributed by atoms with Crippen LogP contribution in [0.25, 0.3) is 17.2 Å². The molecule has 0 aliphatic carbocycles. The number of halogens is 7. The molecule has 1 heterocycles. The molecule has 0 aromatic heterocycles. The SMILES string of the molecule is C#CCN1C(=O)COc2c(F)c(F)c(-c3c(F)c(F)c(F)c(C=C)c3F)c(F)c21. The number of terminal acetylenes is 1. The Labute approximate surface area is 159 Å². The number of carbonyl (C=O) groups is 1. The molecule has 29 heavy (non-hydrogen) atoms. The summed E-state index contributed by atoms with van der Waals surface area (Å²) in [6.07, 6.45) is 5.51. The van der Waals surface area contributed by atoms with Gasteiger partial charge in [0.1, 0.15) is 11.5 Å². The molecule has 0 saturated heterocycles. The predicted molar refractivity (Wildman–Crippen MR) is 88.4 cm³/mol. The third-order valence-electron chi connectivity index (χ3n) is 4.17. The second kappa shape index (κ2) is 7.16. The molecule has 0 unspecified atom stereocenters. The van der Waals surface area contributed by atoms with Crippen molar-refractivity contribution in [2.45, 2.75) is 0 Å². The van der Waals surface area contributed by atoms with Crippen LogP contribution in [0.15, 0.2) is 6.58 Å². The molecule has 150 valence electrons. The molecular weight excluding hydrogens is 407 g/mol. The quantitative estimate of drug-likeness (QED) is 0.323. The molecule has 2 aromatic rings. The number of fused-ring (bicyclic) bond motifs is 1. The van der Waals surface area contributed by atoms with Crippen LogP contribution in [0.2, 0.25) is 0 Å². The van der Waals surface area contributed by atoms with E-state index in [1.165, 1.54) is 0 Å². The van der Waals surface area contributed by atoms with Crippen LogP contribution in [0.5, 0.6) is 5.75 Å². The van der Waals surface area contributed by atoms with E-state index in [4.69, 9.17) is 11.2 Å². The Balaban J connectivity index is 2.48. The fraction of sp³-hybridized carbons (Fsp3) is 0.105. The van der Waals surface area contributed by atoms with E-state index in [2.05, 4.69) is 6.58 Å². The topological polar surface area (TPSA) is 29.5 Å². The highest BCUT2D eigenvalue weighted by molar-refractivity contribution is 5.99. The van der Waals surface area contributed by atoms with Crippen molar-refractivity contribution in [2.75, 3.05) is 18.1 Å². The van der Waals surface area contributed by atoms with Crippen molar-refractivity contribution in [2.24, 2.45) is 0 Å². The van der Waals surface area contributed by atoms with E-state index in [1.54, 1.807) is 0 Å². The van der Waals surface area contributed by atoms with Crippen LogP contribution in [0.3, 0.4) is 0 Å². The molecule has 0 N–H and O–H groups in total. The number of rotatable bonds is 3. The second-order valence-electron chi connectivity index (χ2n) is 5.72. The van der Waals surface area contributed by atoms with E-state index in [0.717, 1.165) is 0 Å². The molecule has 2 aromatic carbocycles. The number of benzene rings is 2. The smallest absolute Gasteiger partial charge is 0.265 e. The molecule has 0 bridgehead atoms. The van der Waals surface area contributed by atoms with Crippen LogP contribution < -0.4 is 9.64 Å². The van der Waals surface area contributed by atoms with Crippen LogP contribution in [0, 0.1) is 53.1 Å². The van der Waals surface area contributed by atoms with E-state index >= 15 is 4.39 Å². The number of nitrogens with zero attached hydrogens (tertiary/aromatic N) is 1. The van der Waals surface area contributed by atoms with Gasteiger partial charge in [-0.05, 0) is 0 Å². The summed E-state index contributed by atoms with van der Waals surface area (Å²) >= 11 is 0. The van der Waals surface area contributed by atoms with Gasteiger partial charge >= 0.3 is 0 Å². The van der Waals surface area contributed by atoms with Crippen LogP contribution in [-0.2, 0) is 4.79 Å². The Kier molecular flexibility index (Phi) is 5.00. The number of amides is 1. The highest BCUT2D eigenvalue weighted by Crippen LogP contribution is 2.45. The zero-order valence-corrected chi connectivity index (χ0v) is 14.2. The maximum Gasteiger partial charge on any atom is 0.265 e. The van der Waals surface area contributed by atoms with Crippen molar-refractivity contribution in [3.05, 3.63) is 52.9 Å². The van der Waals surface area contributed by atoms with E-state index in [9.17, 15) is 31.1 Å². The summed E-state index contributed by atoms with van der Waals surface area (Å²) in [5.41, 5.74) is -5.70. The Bertz CT molecular complexity index is 1120. The zero-order valence-electron chi connectivity index (χ0n) is 14.2. The van der Waals surface area contributed by atoms with Crippen LogP contribution in [-0.4, -0.2) is 19.1 Å². The first-order chi connectivity index (χ1) is 13.7. The Morgan fingerprint density at radius 3 is 2.10 bits per heavy atom. The Morgan fingerprint density at radius 1 is 0.931 bits per heavy atom. The first-order valence-electron chi connectivity index (χ1n) is 7.73. The molecule has 0 saturated carbocycles. The maximum atomic E-state index is 15.1. The summed E-state index contributed by atoms with van der Waals surface area (Å²) in [4.78, 5) is 12.4. The summed E-state index contributed by atoms with van der Waals surface area (Å²) < 4.78 is 105. The number of hydrogen-bond donors (Lipinski definition) is 0. The molecule has 0 fully saturated rings. The highest BCUT2D eigenvalue weighted by Gasteiger charge is 2.38. The molecule has 0 atom stereocenters. The molecule has 3 nitrogen and oxygen atoms in total. The largest absolute Gasteiger partial charge is 0.478 e. The lowest BCUT2D eigenvalue weighted by Gasteiger charge is -2.29. The van der Waals surface area contributed by atoms with Crippen LogP contribution >= 0.6 is 0 Å². The van der Waals surface area contributed by atoms with Gasteiger partial charge in [0.2, 0.25) is 5.82 Å². The summed E-state index contributed by atoms with van der Waals surface area (Å²) in [6.45, 7) is 1.59.